The molecule has 0 aliphatic rings. The van der Waals surface area contributed by atoms with E-state index >= 15 is 0 Å². The van der Waals surface area contributed by atoms with Crippen LogP contribution in [0.2, 0.25) is 0 Å². The van der Waals surface area contributed by atoms with E-state index in [1.807, 2.05) is 0 Å². The highest BCUT2D eigenvalue weighted by Gasteiger charge is 2.21. The third kappa shape index (κ3) is 2.89. The molecule has 15 heavy (non-hydrogen) atoms. The average molecular weight is 280 g/mol. The van der Waals surface area contributed by atoms with Crippen LogP contribution in [0.15, 0.2) is 22.7 Å². The summed E-state index contributed by atoms with van der Waals surface area (Å²) in [5.41, 5.74) is 5.80. The molecule has 2 nitrogen and oxygen atoms in total. The van der Waals surface area contributed by atoms with Crippen LogP contribution >= 0.6 is 15.9 Å². The Labute approximate surface area is 95.5 Å². The molecule has 0 aliphatic carbocycles. The van der Waals surface area contributed by atoms with Crippen LogP contribution in [0.3, 0.4) is 0 Å². The number of methoxy groups -OCH3 is 1. The van der Waals surface area contributed by atoms with E-state index in [1.165, 1.54) is 7.11 Å². The molecular weight excluding hydrogens is 268 g/mol. The van der Waals surface area contributed by atoms with Gasteiger partial charge in [0.25, 0.3) is 0 Å². The van der Waals surface area contributed by atoms with Crippen LogP contribution < -0.4 is 10.5 Å². The van der Waals surface area contributed by atoms with E-state index in [0.717, 1.165) is 4.47 Å². The fourth-order valence-corrected chi connectivity index (χ4v) is 1.70. The minimum absolute atomic E-state index is 0.0809. The van der Waals surface area contributed by atoms with Crippen molar-refractivity contribution in [3.63, 3.8) is 0 Å². The van der Waals surface area contributed by atoms with Gasteiger partial charge in [-0.15, -0.1) is 0 Å². The summed E-state index contributed by atoms with van der Waals surface area (Å²) in [5, 5.41) is 0. The molecule has 1 atom stereocenters. The van der Waals surface area contributed by atoms with E-state index < -0.39 is 12.3 Å². The topological polar surface area (TPSA) is 35.2 Å². The summed E-state index contributed by atoms with van der Waals surface area (Å²) in [6, 6.07) is 4.88. The van der Waals surface area contributed by atoms with Gasteiger partial charge in [-0.1, -0.05) is 6.07 Å². The lowest BCUT2D eigenvalue weighted by Crippen LogP contribution is -2.19. The number of benzene rings is 1. The molecule has 0 saturated heterocycles. The second kappa shape index (κ2) is 5.42. The molecule has 0 aromatic heterocycles. The molecule has 0 heterocycles. The maximum absolute atomic E-state index is 12.6. The van der Waals surface area contributed by atoms with Crippen molar-refractivity contribution in [2.45, 2.75) is 12.3 Å². The molecule has 0 amide bonds. The van der Waals surface area contributed by atoms with Gasteiger partial charge in [0.2, 0.25) is 6.43 Å². The molecule has 1 rings (SSSR count). The Hall–Kier alpha value is -0.680. The van der Waals surface area contributed by atoms with Gasteiger partial charge >= 0.3 is 0 Å². The third-order valence-corrected chi connectivity index (χ3v) is 2.82. The minimum atomic E-state index is -2.46. The van der Waals surface area contributed by atoms with Crippen LogP contribution in [0.5, 0.6) is 5.75 Å². The Kier molecular flexibility index (Phi) is 4.47. The van der Waals surface area contributed by atoms with Crippen LogP contribution in [-0.4, -0.2) is 20.1 Å². The lowest BCUT2D eigenvalue weighted by Gasteiger charge is -2.15. The van der Waals surface area contributed by atoms with Gasteiger partial charge in [0.15, 0.2) is 0 Å². The van der Waals surface area contributed by atoms with Gasteiger partial charge < -0.3 is 10.5 Å². The predicted octanol–water partition coefficient (Wildman–Crippen LogP) is 2.77. The molecule has 1 unspecified atom stereocenters. The Balaban J connectivity index is 3.03. The molecule has 1 aromatic carbocycles. The summed E-state index contributed by atoms with van der Waals surface area (Å²) in [7, 11) is 1.49. The Morgan fingerprint density at radius 2 is 2.13 bits per heavy atom. The summed E-state index contributed by atoms with van der Waals surface area (Å²) >= 11 is 3.25. The lowest BCUT2D eigenvalue weighted by molar-refractivity contribution is 0.117. The number of alkyl halides is 2. The van der Waals surface area contributed by atoms with E-state index in [1.54, 1.807) is 18.2 Å². The number of rotatable bonds is 4. The normalized spacial score (nSPS) is 12.9. The van der Waals surface area contributed by atoms with Crippen LogP contribution in [0.25, 0.3) is 0 Å². The average Bonchev–Trinajstić information content (AvgIpc) is 2.21. The maximum atomic E-state index is 12.6. The molecule has 1 aromatic rings. The molecule has 0 saturated carbocycles. The van der Waals surface area contributed by atoms with E-state index in [-0.39, 0.29) is 6.54 Å². The Bertz CT molecular complexity index is 333. The third-order valence-electron chi connectivity index (χ3n) is 2.16. The SMILES string of the molecule is COc1cc(C(CN)C(F)F)ccc1Br. The van der Waals surface area contributed by atoms with Crippen molar-refractivity contribution < 1.29 is 13.5 Å². The minimum Gasteiger partial charge on any atom is -0.496 e. The quantitative estimate of drug-likeness (QED) is 0.920. The number of halogens is 3. The first-order valence-corrected chi connectivity index (χ1v) is 5.21. The largest absolute Gasteiger partial charge is 0.496 e. The van der Waals surface area contributed by atoms with Gasteiger partial charge in [0.1, 0.15) is 5.75 Å². The highest BCUT2D eigenvalue weighted by molar-refractivity contribution is 9.10. The molecule has 0 aliphatic heterocycles. The van der Waals surface area contributed by atoms with Crippen molar-refractivity contribution in [1.82, 2.24) is 0 Å². The Morgan fingerprint density at radius 1 is 1.47 bits per heavy atom. The molecule has 84 valence electrons. The summed E-state index contributed by atoms with van der Waals surface area (Å²) in [4.78, 5) is 0. The second-order valence-electron chi connectivity index (χ2n) is 3.07. The molecule has 5 heteroatoms. The van der Waals surface area contributed by atoms with Crippen molar-refractivity contribution in [3.05, 3.63) is 28.2 Å². The van der Waals surface area contributed by atoms with Crippen LogP contribution in [0.1, 0.15) is 11.5 Å². The fraction of sp³-hybridized carbons (Fsp3) is 0.400. The second-order valence-corrected chi connectivity index (χ2v) is 3.92. The predicted molar refractivity (Wildman–Crippen MR) is 58.5 cm³/mol. The first-order chi connectivity index (χ1) is 7.10. The van der Waals surface area contributed by atoms with E-state index in [0.29, 0.717) is 11.3 Å². The van der Waals surface area contributed by atoms with Crippen molar-refractivity contribution >= 4 is 15.9 Å². The van der Waals surface area contributed by atoms with Gasteiger partial charge in [-0.05, 0) is 33.6 Å². The van der Waals surface area contributed by atoms with E-state index in [4.69, 9.17) is 10.5 Å². The number of hydrogen-bond acceptors (Lipinski definition) is 2. The summed E-state index contributed by atoms with van der Waals surface area (Å²) in [6.07, 6.45) is -2.46. The van der Waals surface area contributed by atoms with Crippen molar-refractivity contribution in [1.29, 1.82) is 0 Å². The molecule has 0 bridgehead atoms. The highest BCUT2D eigenvalue weighted by Crippen LogP contribution is 2.30. The number of ether oxygens (including phenoxy) is 1. The highest BCUT2D eigenvalue weighted by atomic mass is 79.9. The first kappa shape index (κ1) is 12.4. The first-order valence-electron chi connectivity index (χ1n) is 4.41. The van der Waals surface area contributed by atoms with Crippen molar-refractivity contribution in [2.75, 3.05) is 13.7 Å². The van der Waals surface area contributed by atoms with E-state index in [2.05, 4.69) is 15.9 Å². The van der Waals surface area contributed by atoms with Gasteiger partial charge in [-0.3, -0.25) is 0 Å². The number of nitrogens with two attached hydrogens (primary N) is 1. The zero-order valence-electron chi connectivity index (χ0n) is 8.21. The van der Waals surface area contributed by atoms with Gasteiger partial charge in [-0.2, -0.15) is 0 Å². The Morgan fingerprint density at radius 3 is 2.60 bits per heavy atom. The summed E-state index contributed by atoms with van der Waals surface area (Å²) in [6.45, 7) is -0.0809. The maximum Gasteiger partial charge on any atom is 0.246 e. The van der Waals surface area contributed by atoms with Crippen LogP contribution in [0, 0.1) is 0 Å². The van der Waals surface area contributed by atoms with E-state index in [9.17, 15) is 8.78 Å². The van der Waals surface area contributed by atoms with Crippen molar-refractivity contribution in [3.8, 4) is 5.75 Å². The molecule has 0 radical (unpaired) electrons. The molecule has 2 N–H and O–H groups in total. The number of hydrogen-bond donors (Lipinski definition) is 1. The summed E-state index contributed by atoms with van der Waals surface area (Å²) in [5.74, 6) is -0.404. The summed E-state index contributed by atoms with van der Waals surface area (Å²) < 4.78 is 30.9. The molecule has 0 fully saturated rings. The zero-order chi connectivity index (χ0) is 11.4. The standard InChI is InChI=1S/C10H12BrF2NO/c1-15-9-4-6(2-3-8(9)11)7(5-14)10(12)13/h2-4,7,10H,5,14H2,1H3. The van der Waals surface area contributed by atoms with Gasteiger partial charge in [-0.25, -0.2) is 8.78 Å². The smallest absolute Gasteiger partial charge is 0.246 e. The molecular formula is C10H12BrF2NO. The van der Waals surface area contributed by atoms with Gasteiger partial charge in [0.05, 0.1) is 17.5 Å². The lowest BCUT2D eigenvalue weighted by atomic mass is 10.00. The monoisotopic (exact) mass is 279 g/mol. The fourth-order valence-electron chi connectivity index (χ4n) is 1.29. The van der Waals surface area contributed by atoms with Crippen LogP contribution in [0.4, 0.5) is 8.78 Å². The zero-order valence-corrected chi connectivity index (χ0v) is 9.80. The van der Waals surface area contributed by atoms with Gasteiger partial charge in [0, 0.05) is 6.54 Å². The molecule has 0 spiro atoms. The van der Waals surface area contributed by atoms with Crippen LogP contribution in [-0.2, 0) is 0 Å². The van der Waals surface area contributed by atoms with Crippen molar-refractivity contribution in [2.24, 2.45) is 5.73 Å².